The molecule has 2 atom stereocenters. The van der Waals surface area contributed by atoms with Crippen LogP contribution in [0.4, 0.5) is 0 Å². The van der Waals surface area contributed by atoms with E-state index in [-0.39, 0.29) is 18.1 Å². The van der Waals surface area contributed by atoms with Gasteiger partial charge in [0.1, 0.15) is 6.17 Å². The van der Waals surface area contributed by atoms with Gasteiger partial charge in [-0.05, 0) is 43.2 Å². The summed E-state index contributed by atoms with van der Waals surface area (Å²) in [7, 11) is 0. The van der Waals surface area contributed by atoms with Crippen molar-refractivity contribution >= 4 is 5.91 Å². The van der Waals surface area contributed by atoms with Gasteiger partial charge < -0.3 is 4.90 Å². The Balaban J connectivity index is 1.88. The first-order chi connectivity index (χ1) is 10.0. The van der Waals surface area contributed by atoms with Crippen molar-refractivity contribution in [2.45, 2.75) is 58.7 Å². The molecule has 1 aromatic carbocycles. The van der Waals surface area contributed by atoms with E-state index in [9.17, 15) is 4.79 Å². The van der Waals surface area contributed by atoms with Crippen molar-refractivity contribution in [3.63, 3.8) is 0 Å². The largest absolute Gasteiger partial charge is 0.321 e. The molecule has 1 aliphatic carbocycles. The van der Waals surface area contributed by atoms with Gasteiger partial charge in [-0.2, -0.15) is 0 Å². The molecular weight excluding hydrogens is 260 g/mol. The van der Waals surface area contributed by atoms with E-state index in [1.165, 1.54) is 36.8 Å². The lowest BCUT2D eigenvalue weighted by atomic mass is 9.88. The first-order valence-electron chi connectivity index (χ1n) is 8.12. The van der Waals surface area contributed by atoms with Crippen molar-refractivity contribution in [2.75, 3.05) is 6.54 Å². The van der Waals surface area contributed by atoms with Crippen molar-refractivity contribution < 1.29 is 4.79 Å². The summed E-state index contributed by atoms with van der Waals surface area (Å²) in [4.78, 5) is 14.7. The van der Waals surface area contributed by atoms with Crippen molar-refractivity contribution in [2.24, 2.45) is 5.41 Å². The van der Waals surface area contributed by atoms with Gasteiger partial charge >= 0.3 is 0 Å². The molecule has 1 aromatic rings. The van der Waals surface area contributed by atoms with E-state index >= 15 is 0 Å². The summed E-state index contributed by atoms with van der Waals surface area (Å²) in [5.74, 6) is 0.247. The molecule has 1 saturated carbocycles. The maximum Gasteiger partial charge on any atom is 0.241 e. The number of nitrogens with zero attached hydrogens (tertiary/aromatic N) is 1. The average Bonchev–Trinajstić information content (AvgIpc) is 2.99. The molecule has 3 heteroatoms. The molecule has 0 aromatic heterocycles. The highest BCUT2D eigenvalue weighted by Crippen LogP contribution is 2.40. The van der Waals surface area contributed by atoms with Gasteiger partial charge in [0.05, 0.1) is 6.04 Å². The summed E-state index contributed by atoms with van der Waals surface area (Å²) >= 11 is 0. The van der Waals surface area contributed by atoms with Crippen molar-refractivity contribution in [1.29, 1.82) is 0 Å². The highest BCUT2D eigenvalue weighted by molar-refractivity contribution is 5.84. The molecular formula is C18H26N2O. The van der Waals surface area contributed by atoms with E-state index in [0.29, 0.717) is 5.41 Å². The second kappa shape index (κ2) is 5.45. The zero-order chi connectivity index (χ0) is 15.0. The number of rotatable bonds is 3. The lowest BCUT2D eigenvalue weighted by Crippen LogP contribution is -2.39. The molecule has 0 bridgehead atoms. The maximum absolute atomic E-state index is 12.6. The number of carbonyl (C=O) groups excluding carboxylic acids is 1. The van der Waals surface area contributed by atoms with Crippen LogP contribution in [-0.4, -0.2) is 23.4 Å². The van der Waals surface area contributed by atoms with Crippen LogP contribution in [0.1, 0.15) is 56.8 Å². The Morgan fingerprint density at radius 3 is 2.62 bits per heavy atom. The summed E-state index contributed by atoms with van der Waals surface area (Å²) in [6.45, 7) is 7.32. The number of benzene rings is 1. The lowest BCUT2D eigenvalue weighted by molar-refractivity contribution is -0.131. The summed E-state index contributed by atoms with van der Waals surface area (Å²) in [6, 6.07) is 8.30. The SMILES string of the molecule is Cc1ccccc1C1NC(C)C(=O)N1CC1(C)CCCC1. The van der Waals surface area contributed by atoms with Crippen LogP contribution in [0.2, 0.25) is 0 Å². The molecule has 114 valence electrons. The Labute approximate surface area is 127 Å². The molecule has 2 unspecified atom stereocenters. The minimum Gasteiger partial charge on any atom is -0.321 e. The van der Waals surface area contributed by atoms with Crippen LogP contribution in [0.3, 0.4) is 0 Å². The monoisotopic (exact) mass is 286 g/mol. The fourth-order valence-electron chi connectivity index (χ4n) is 3.89. The molecule has 3 nitrogen and oxygen atoms in total. The summed E-state index contributed by atoms with van der Waals surface area (Å²) in [5, 5.41) is 3.48. The van der Waals surface area contributed by atoms with Crippen LogP contribution >= 0.6 is 0 Å². The first-order valence-corrected chi connectivity index (χ1v) is 8.12. The third kappa shape index (κ3) is 2.71. The topological polar surface area (TPSA) is 32.3 Å². The van der Waals surface area contributed by atoms with Gasteiger partial charge in [-0.1, -0.05) is 44.0 Å². The summed E-state index contributed by atoms with van der Waals surface area (Å²) < 4.78 is 0. The Morgan fingerprint density at radius 2 is 1.95 bits per heavy atom. The third-order valence-electron chi connectivity index (χ3n) is 5.22. The van der Waals surface area contributed by atoms with E-state index in [2.05, 4.69) is 48.3 Å². The molecule has 1 amide bonds. The molecule has 21 heavy (non-hydrogen) atoms. The number of aryl methyl sites for hydroxylation is 1. The number of hydrogen-bond donors (Lipinski definition) is 1. The summed E-state index contributed by atoms with van der Waals surface area (Å²) in [5.41, 5.74) is 2.78. The Bertz CT molecular complexity index is 534. The van der Waals surface area contributed by atoms with Crippen LogP contribution in [0.25, 0.3) is 0 Å². The standard InChI is InChI=1S/C18H26N2O/c1-13-8-4-5-9-15(13)16-19-14(2)17(21)20(16)12-18(3)10-6-7-11-18/h4-5,8-9,14,16,19H,6-7,10-12H2,1-3H3. The zero-order valence-electron chi connectivity index (χ0n) is 13.4. The molecule has 1 N–H and O–H groups in total. The van der Waals surface area contributed by atoms with E-state index in [1.54, 1.807) is 0 Å². The smallest absolute Gasteiger partial charge is 0.241 e. The van der Waals surface area contributed by atoms with Gasteiger partial charge in [-0.15, -0.1) is 0 Å². The van der Waals surface area contributed by atoms with Gasteiger partial charge in [0.2, 0.25) is 5.91 Å². The molecule has 3 rings (SSSR count). The van der Waals surface area contributed by atoms with Gasteiger partial charge in [0, 0.05) is 6.54 Å². The van der Waals surface area contributed by atoms with E-state index in [0.717, 1.165) is 6.54 Å². The van der Waals surface area contributed by atoms with Gasteiger partial charge in [0.25, 0.3) is 0 Å². The summed E-state index contributed by atoms with van der Waals surface area (Å²) in [6.07, 6.45) is 5.12. The quantitative estimate of drug-likeness (QED) is 0.923. The molecule has 1 aliphatic heterocycles. The van der Waals surface area contributed by atoms with Crippen LogP contribution < -0.4 is 5.32 Å². The Hall–Kier alpha value is -1.35. The predicted molar refractivity (Wildman–Crippen MR) is 84.8 cm³/mol. The fraction of sp³-hybridized carbons (Fsp3) is 0.611. The van der Waals surface area contributed by atoms with Gasteiger partial charge in [-0.3, -0.25) is 10.1 Å². The molecule has 1 saturated heterocycles. The minimum atomic E-state index is -0.0837. The van der Waals surface area contributed by atoms with Crippen LogP contribution in [0.15, 0.2) is 24.3 Å². The van der Waals surface area contributed by atoms with E-state index in [4.69, 9.17) is 0 Å². The zero-order valence-corrected chi connectivity index (χ0v) is 13.4. The highest BCUT2D eigenvalue weighted by atomic mass is 16.2. The Kier molecular flexibility index (Phi) is 3.78. The third-order valence-corrected chi connectivity index (χ3v) is 5.22. The van der Waals surface area contributed by atoms with E-state index in [1.807, 2.05) is 6.92 Å². The highest BCUT2D eigenvalue weighted by Gasteiger charge is 2.42. The number of hydrogen-bond acceptors (Lipinski definition) is 2. The van der Waals surface area contributed by atoms with Crippen LogP contribution in [-0.2, 0) is 4.79 Å². The minimum absolute atomic E-state index is 0.0334. The van der Waals surface area contributed by atoms with Crippen LogP contribution in [0, 0.1) is 12.3 Å². The van der Waals surface area contributed by atoms with Crippen molar-refractivity contribution in [3.8, 4) is 0 Å². The fourth-order valence-corrected chi connectivity index (χ4v) is 3.89. The molecule has 1 heterocycles. The number of carbonyl (C=O) groups is 1. The Morgan fingerprint density at radius 1 is 1.29 bits per heavy atom. The predicted octanol–water partition coefficient (Wildman–Crippen LogP) is 3.39. The normalized spacial score (nSPS) is 28.3. The average molecular weight is 286 g/mol. The van der Waals surface area contributed by atoms with Gasteiger partial charge in [-0.25, -0.2) is 0 Å². The van der Waals surface area contributed by atoms with E-state index < -0.39 is 0 Å². The lowest BCUT2D eigenvalue weighted by Gasteiger charge is -2.34. The second-order valence-corrected chi connectivity index (χ2v) is 7.13. The second-order valence-electron chi connectivity index (χ2n) is 7.13. The number of amides is 1. The van der Waals surface area contributed by atoms with Gasteiger partial charge in [0.15, 0.2) is 0 Å². The van der Waals surface area contributed by atoms with Crippen molar-refractivity contribution in [1.82, 2.24) is 10.2 Å². The maximum atomic E-state index is 12.6. The van der Waals surface area contributed by atoms with Crippen molar-refractivity contribution in [3.05, 3.63) is 35.4 Å². The number of nitrogens with one attached hydrogen (secondary N) is 1. The molecule has 2 fully saturated rings. The molecule has 0 spiro atoms. The first kappa shape index (κ1) is 14.6. The van der Waals surface area contributed by atoms with Crippen LogP contribution in [0.5, 0.6) is 0 Å². The molecule has 2 aliphatic rings. The molecule has 0 radical (unpaired) electrons.